The molecule has 5 heteroatoms. The van der Waals surface area contributed by atoms with Crippen LogP contribution in [0.15, 0.2) is 23.1 Å². The maximum absolute atomic E-state index is 13.2. The number of hydrogen-bond donors (Lipinski definition) is 1. The molecule has 0 spiro atoms. The number of hydrogen-bond acceptors (Lipinski definition) is 3. The number of aryl methyl sites for hydroxylation is 2. The molecule has 2 aliphatic carbocycles. The highest BCUT2D eigenvalue weighted by atomic mass is 16.2. The molecule has 6 atom stereocenters. The van der Waals surface area contributed by atoms with Crippen molar-refractivity contribution in [3.63, 3.8) is 0 Å². The summed E-state index contributed by atoms with van der Waals surface area (Å²) in [6.07, 6.45) is 7.87. The fourth-order valence-electron chi connectivity index (χ4n) is 5.75. The summed E-state index contributed by atoms with van der Waals surface area (Å²) >= 11 is 0. The van der Waals surface area contributed by atoms with E-state index in [4.69, 9.17) is 0 Å². The van der Waals surface area contributed by atoms with Crippen molar-refractivity contribution in [2.75, 3.05) is 0 Å². The molecule has 1 amide bonds. The van der Waals surface area contributed by atoms with Crippen molar-refractivity contribution in [1.29, 1.82) is 0 Å². The zero-order valence-electron chi connectivity index (χ0n) is 19.6. The number of amides is 1. The number of carbonyl (C=O) groups excluding carboxylic acids is 1. The van der Waals surface area contributed by atoms with Gasteiger partial charge in [-0.05, 0) is 81.3 Å². The summed E-state index contributed by atoms with van der Waals surface area (Å²) in [7, 11) is 1.85. The molecule has 2 aromatic heterocycles. The lowest BCUT2D eigenvalue weighted by atomic mass is 9.73. The van der Waals surface area contributed by atoms with Gasteiger partial charge in [-0.25, -0.2) is 0 Å². The highest BCUT2D eigenvalue weighted by Crippen LogP contribution is 2.38. The summed E-state index contributed by atoms with van der Waals surface area (Å²) in [5, 5.41) is 4.37. The molecule has 2 heterocycles. The average molecular weight is 424 g/mol. The van der Waals surface area contributed by atoms with Crippen LogP contribution in [0.1, 0.15) is 76.5 Å². The van der Waals surface area contributed by atoms with Gasteiger partial charge in [0.2, 0.25) is 5.91 Å². The smallest absolute Gasteiger partial charge is 0.254 e. The van der Waals surface area contributed by atoms with E-state index < -0.39 is 0 Å². The van der Waals surface area contributed by atoms with E-state index in [1.807, 2.05) is 32.3 Å². The third-order valence-corrected chi connectivity index (χ3v) is 8.18. The van der Waals surface area contributed by atoms with Gasteiger partial charge in [0.15, 0.2) is 0 Å². The molecular formula is C26H37N3O2. The molecule has 0 aliphatic heterocycles. The Labute approximate surface area is 185 Å². The number of aromatic nitrogens is 2. The number of carbonyl (C=O) groups is 1. The van der Waals surface area contributed by atoms with Gasteiger partial charge >= 0.3 is 0 Å². The van der Waals surface area contributed by atoms with Crippen molar-refractivity contribution >= 4 is 16.8 Å². The summed E-state index contributed by atoms with van der Waals surface area (Å²) < 4.78 is 1.76. The predicted molar refractivity (Wildman–Crippen MR) is 125 cm³/mol. The molecule has 2 saturated carbocycles. The van der Waals surface area contributed by atoms with Crippen LogP contribution in [0, 0.1) is 30.6 Å². The molecule has 6 unspecified atom stereocenters. The van der Waals surface area contributed by atoms with E-state index in [1.165, 1.54) is 0 Å². The van der Waals surface area contributed by atoms with Crippen LogP contribution < -0.4 is 10.9 Å². The molecular weight excluding hydrogens is 386 g/mol. The van der Waals surface area contributed by atoms with Gasteiger partial charge in [-0.1, -0.05) is 20.8 Å². The maximum Gasteiger partial charge on any atom is 0.254 e. The van der Waals surface area contributed by atoms with E-state index in [1.54, 1.807) is 4.57 Å². The number of nitrogens with zero attached hydrogens (tertiary/aromatic N) is 2. The van der Waals surface area contributed by atoms with Crippen LogP contribution >= 0.6 is 0 Å². The number of rotatable bonds is 3. The second-order valence-corrected chi connectivity index (χ2v) is 10.4. The van der Waals surface area contributed by atoms with Crippen molar-refractivity contribution < 1.29 is 4.79 Å². The van der Waals surface area contributed by atoms with Crippen molar-refractivity contribution in [2.45, 2.75) is 78.2 Å². The second-order valence-electron chi connectivity index (χ2n) is 10.4. The normalized spacial score (nSPS) is 31.5. The lowest BCUT2D eigenvalue weighted by Crippen LogP contribution is -2.44. The SMILES string of the molecule is Cc1cc2c(cn1)cc(C1CC(NC(=O)C3CCC(C)C(C)C3)CCC1C)c(=O)n2C. The minimum atomic E-state index is 0.0806. The molecule has 0 bridgehead atoms. The minimum Gasteiger partial charge on any atom is -0.353 e. The fraction of sp³-hybridized carbons (Fsp3) is 0.654. The van der Waals surface area contributed by atoms with E-state index in [-0.39, 0.29) is 29.3 Å². The summed E-state index contributed by atoms with van der Waals surface area (Å²) in [5.41, 5.74) is 2.79. The molecule has 2 aromatic rings. The summed E-state index contributed by atoms with van der Waals surface area (Å²) in [4.78, 5) is 30.7. The van der Waals surface area contributed by atoms with Crippen molar-refractivity contribution in [3.8, 4) is 0 Å². The van der Waals surface area contributed by atoms with E-state index in [0.29, 0.717) is 17.8 Å². The largest absolute Gasteiger partial charge is 0.353 e. The molecule has 0 radical (unpaired) electrons. The van der Waals surface area contributed by atoms with E-state index in [0.717, 1.165) is 60.7 Å². The number of nitrogens with one attached hydrogen (secondary N) is 1. The molecule has 4 rings (SSSR count). The second kappa shape index (κ2) is 8.76. The summed E-state index contributed by atoms with van der Waals surface area (Å²) in [6.45, 7) is 8.76. The minimum absolute atomic E-state index is 0.0806. The Morgan fingerprint density at radius 2 is 1.77 bits per heavy atom. The van der Waals surface area contributed by atoms with Gasteiger partial charge in [-0.2, -0.15) is 0 Å². The van der Waals surface area contributed by atoms with Gasteiger partial charge in [0, 0.05) is 41.8 Å². The molecule has 31 heavy (non-hydrogen) atoms. The molecule has 2 fully saturated rings. The number of fused-ring (bicyclic) bond motifs is 1. The average Bonchev–Trinajstić information content (AvgIpc) is 2.74. The Balaban J connectivity index is 1.53. The Bertz CT molecular complexity index is 1030. The van der Waals surface area contributed by atoms with Crippen molar-refractivity contribution in [3.05, 3.63) is 39.9 Å². The van der Waals surface area contributed by atoms with Crippen molar-refractivity contribution in [2.24, 2.45) is 30.7 Å². The van der Waals surface area contributed by atoms with Crippen LogP contribution in [-0.2, 0) is 11.8 Å². The van der Waals surface area contributed by atoms with Crippen LogP contribution in [0.4, 0.5) is 0 Å². The van der Waals surface area contributed by atoms with Gasteiger partial charge in [0.05, 0.1) is 5.52 Å². The Hall–Kier alpha value is -2.17. The van der Waals surface area contributed by atoms with Gasteiger partial charge in [-0.3, -0.25) is 14.6 Å². The topological polar surface area (TPSA) is 64.0 Å². The Morgan fingerprint density at radius 3 is 2.52 bits per heavy atom. The van der Waals surface area contributed by atoms with E-state index >= 15 is 0 Å². The maximum atomic E-state index is 13.2. The fourth-order valence-corrected chi connectivity index (χ4v) is 5.75. The molecule has 2 aliphatic rings. The Kier molecular flexibility index (Phi) is 6.23. The lowest BCUT2D eigenvalue weighted by Gasteiger charge is -2.37. The molecule has 0 aromatic carbocycles. The first-order chi connectivity index (χ1) is 14.7. The van der Waals surface area contributed by atoms with Crippen LogP contribution in [0.3, 0.4) is 0 Å². The zero-order chi connectivity index (χ0) is 22.3. The van der Waals surface area contributed by atoms with Crippen LogP contribution in [0.25, 0.3) is 10.9 Å². The standard InChI is InChI=1S/C26H37N3O2/c1-15-6-8-19(10-17(15)3)25(30)28-21-9-7-16(2)22(13-21)23-12-20-14-27-18(4)11-24(20)29(5)26(23)31/h11-12,14-17,19,21-22H,6-10,13H2,1-5H3,(H,28,30). The third kappa shape index (κ3) is 4.42. The lowest BCUT2D eigenvalue weighted by molar-refractivity contribution is -0.127. The van der Waals surface area contributed by atoms with Crippen LogP contribution in [0.2, 0.25) is 0 Å². The third-order valence-electron chi connectivity index (χ3n) is 8.18. The summed E-state index contributed by atoms with van der Waals surface area (Å²) in [5.74, 6) is 2.28. The quantitative estimate of drug-likeness (QED) is 0.778. The predicted octanol–water partition coefficient (Wildman–Crippen LogP) is 4.70. The summed E-state index contributed by atoms with van der Waals surface area (Å²) in [6, 6.07) is 4.17. The van der Waals surface area contributed by atoms with Gasteiger partial charge < -0.3 is 9.88 Å². The van der Waals surface area contributed by atoms with E-state index in [2.05, 4.69) is 31.1 Å². The first-order valence-corrected chi connectivity index (χ1v) is 12.0. The molecule has 168 valence electrons. The molecule has 1 N–H and O–H groups in total. The van der Waals surface area contributed by atoms with Crippen LogP contribution in [-0.4, -0.2) is 21.5 Å². The van der Waals surface area contributed by atoms with E-state index in [9.17, 15) is 9.59 Å². The van der Waals surface area contributed by atoms with Gasteiger partial charge in [0.1, 0.15) is 0 Å². The first kappa shape index (κ1) is 22.0. The zero-order valence-corrected chi connectivity index (χ0v) is 19.6. The van der Waals surface area contributed by atoms with Gasteiger partial charge in [0.25, 0.3) is 5.56 Å². The highest BCUT2D eigenvalue weighted by Gasteiger charge is 2.34. The first-order valence-electron chi connectivity index (χ1n) is 12.0. The Morgan fingerprint density at radius 1 is 1.03 bits per heavy atom. The number of pyridine rings is 2. The molecule has 0 saturated heterocycles. The molecule has 5 nitrogen and oxygen atoms in total. The van der Waals surface area contributed by atoms with Gasteiger partial charge in [-0.15, -0.1) is 0 Å². The van der Waals surface area contributed by atoms with Crippen molar-refractivity contribution in [1.82, 2.24) is 14.9 Å². The van der Waals surface area contributed by atoms with Crippen LogP contribution in [0.5, 0.6) is 0 Å². The monoisotopic (exact) mass is 423 g/mol. The highest BCUT2D eigenvalue weighted by molar-refractivity contribution is 5.80.